The van der Waals surface area contributed by atoms with E-state index in [9.17, 15) is 4.79 Å². The molecule has 0 spiro atoms. The third kappa shape index (κ3) is 3.60. The lowest BCUT2D eigenvalue weighted by molar-refractivity contribution is 0.102. The molecule has 0 unspecified atom stereocenters. The molecular formula is C17H22N4OS. The lowest BCUT2D eigenvalue weighted by Crippen LogP contribution is -2.32. The zero-order valence-electron chi connectivity index (χ0n) is 13.5. The topological polar surface area (TPSA) is 71.2 Å². The number of thiazole rings is 1. The van der Waals surface area contributed by atoms with E-state index in [1.165, 1.54) is 4.88 Å². The van der Waals surface area contributed by atoms with E-state index in [1.807, 2.05) is 18.2 Å². The maximum atomic E-state index is 12.4. The van der Waals surface area contributed by atoms with Crippen molar-refractivity contribution in [2.75, 3.05) is 19.4 Å². The smallest absolute Gasteiger partial charge is 0.257 e. The summed E-state index contributed by atoms with van der Waals surface area (Å²) in [7, 11) is 4.23. The molecule has 0 fully saturated rings. The van der Waals surface area contributed by atoms with E-state index in [0.717, 1.165) is 30.5 Å². The third-order valence-corrected chi connectivity index (χ3v) is 5.32. The molecule has 1 aromatic carbocycles. The van der Waals surface area contributed by atoms with Crippen molar-refractivity contribution >= 4 is 22.4 Å². The van der Waals surface area contributed by atoms with E-state index < -0.39 is 0 Å². The molecule has 1 aromatic heterocycles. The molecule has 1 heterocycles. The second kappa shape index (κ2) is 6.78. The number of likely N-dealkylation sites (N-methyl/N-ethyl adjacent to an activating group) is 1. The summed E-state index contributed by atoms with van der Waals surface area (Å²) in [5, 5.41) is 3.62. The fraction of sp³-hybridized carbons (Fsp3) is 0.412. The Kier molecular flexibility index (Phi) is 4.75. The monoisotopic (exact) mass is 330 g/mol. The molecule has 3 rings (SSSR count). The first-order valence-corrected chi connectivity index (χ1v) is 8.64. The minimum Gasteiger partial charge on any atom is -0.326 e. The van der Waals surface area contributed by atoms with Crippen LogP contribution in [0.15, 0.2) is 24.3 Å². The number of carbonyl (C=O) groups excluding carboxylic acids is 1. The fourth-order valence-corrected chi connectivity index (χ4v) is 3.93. The van der Waals surface area contributed by atoms with Gasteiger partial charge in [-0.3, -0.25) is 10.1 Å². The summed E-state index contributed by atoms with van der Waals surface area (Å²) in [6.07, 6.45) is 3.11. The molecule has 1 aliphatic carbocycles. The molecule has 1 aliphatic rings. The fourth-order valence-electron chi connectivity index (χ4n) is 2.86. The van der Waals surface area contributed by atoms with Crippen molar-refractivity contribution in [1.82, 2.24) is 9.88 Å². The van der Waals surface area contributed by atoms with Crippen LogP contribution in [-0.2, 0) is 19.4 Å². The first-order valence-electron chi connectivity index (χ1n) is 7.82. The molecule has 0 saturated heterocycles. The summed E-state index contributed by atoms with van der Waals surface area (Å²) in [4.78, 5) is 20.5. The van der Waals surface area contributed by atoms with E-state index in [1.54, 1.807) is 17.4 Å². The van der Waals surface area contributed by atoms with Crippen LogP contribution in [0.4, 0.5) is 5.13 Å². The van der Waals surface area contributed by atoms with Gasteiger partial charge in [0.15, 0.2) is 5.13 Å². The largest absolute Gasteiger partial charge is 0.326 e. The molecule has 2 aromatic rings. The number of carbonyl (C=O) groups is 1. The quantitative estimate of drug-likeness (QED) is 0.902. The molecule has 0 saturated carbocycles. The highest BCUT2D eigenvalue weighted by molar-refractivity contribution is 7.15. The number of fused-ring (bicyclic) bond motifs is 1. The van der Waals surface area contributed by atoms with Gasteiger partial charge in [-0.2, -0.15) is 0 Å². The highest BCUT2D eigenvalue weighted by Crippen LogP contribution is 2.31. The van der Waals surface area contributed by atoms with Crippen molar-refractivity contribution in [3.05, 3.63) is 46.0 Å². The maximum absolute atomic E-state index is 12.4. The Bertz CT molecular complexity index is 710. The number of rotatable bonds is 4. The summed E-state index contributed by atoms with van der Waals surface area (Å²) in [5.41, 5.74) is 8.33. The lowest BCUT2D eigenvalue weighted by atomic mass is 9.97. The molecular weight excluding hydrogens is 308 g/mol. The lowest BCUT2D eigenvalue weighted by Gasteiger charge is -2.27. The minimum atomic E-state index is -0.129. The summed E-state index contributed by atoms with van der Waals surface area (Å²) >= 11 is 1.60. The van der Waals surface area contributed by atoms with Crippen molar-refractivity contribution in [1.29, 1.82) is 0 Å². The Morgan fingerprint density at radius 2 is 2.30 bits per heavy atom. The number of amides is 1. The van der Waals surface area contributed by atoms with Crippen LogP contribution < -0.4 is 11.1 Å². The molecule has 3 N–H and O–H groups in total. The van der Waals surface area contributed by atoms with Crippen molar-refractivity contribution < 1.29 is 4.79 Å². The molecule has 0 aliphatic heterocycles. The van der Waals surface area contributed by atoms with Gasteiger partial charge in [-0.05, 0) is 51.1 Å². The Labute approximate surface area is 140 Å². The Hall–Kier alpha value is -1.76. The first kappa shape index (κ1) is 16.1. The number of aryl methyl sites for hydroxylation is 1. The van der Waals surface area contributed by atoms with E-state index in [0.29, 0.717) is 23.3 Å². The van der Waals surface area contributed by atoms with Crippen molar-refractivity contribution in [2.45, 2.75) is 31.8 Å². The standard InChI is InChI=1S/C17H22N4OS/c1-21(2)13-6-7-14-15(9-13)23-17(19-14)20-16(22)12-5-3-4-11(8-12)10-18/h3-5,8,13H,6-7,9-10,18H2,1-2H3,(H,19,20,22)/t13-/m0/s1. The average Bonchev–Trinajstić information content (AvgIpc) is 2.96. The zero-order valence-corrected chi connectivity index (χ0v) is 14.3. The molecule has 6 heteroatoms. The number of nitrogens with one attached hydrogen (secondary N) is 1. The summed E-state index contributed by atoms with van der Waals surface area (Å²) in [6, 6.07) is 7.95. The number of anilines is 1. The van der Waals surface area contributed by atoms with Gasteiger partial charge in [-0.15, -0.1) is 11.3 Å². The third-order valence-electron chi connectivity index (χ3n) is 4.29. The SMILES string of the molecule is CN(C)[C@H]1CCc2nc(NC(=O)c3cccc(CN)c3)sc2C1. The van der Waals surface area contributed by atoms with Crippen LogP contribution in [0.25, 0.3) is 0 Å². The van der Waals surface area contributed by atoms with Crippen molar-refractivity contribution in [3.63, 3.8) is 0 Å². The van der Waals surface area contributed by atoms with Gasteiger partial charge in [-0.1, -0.05) is 12.1 Å². The number of nitrogens with zero attached hydrogens (tertiary/aromatic N) is 2. The number of nitrogens with two attached hydrogens (primary N) is 1. The van der Waals surface area contributed by atoms with E-state index in [-0.39, 0.29) is 5.91 Å². The van der Waals surface area contributed by atoms with Crippen LogP contribution in [0, 0.1) is 0 Å². The van der Waals surface area contributed by atoms with Crippen LogP contribution in [0.1, 0.15) is 32.9 Å². The maximum Gasteiger partial charge on any atom is 0.257 e. The molecule has 1 atom stereocenters. The normalized spacial score (nSPS) is 17.1. The van der Waals surface area contributed by atoms with Crippen LogP contribution in [0.3, 0.4) is 0 Å². The average molecular weight is 330 g/mol. The molecule has 1 amide bonds. The Balaban J connectivity index is 1.73. The summed E-state index contributed by atoms with van der Waals surface area (Å²) < 4.78 is 0. The van der Waals surface area contributed by atoms with Gasteiger partial charge in [0, 0.05) is 23.0 Å². The van der Waals surface area contributed by atoms with E-state index >= 15 is 0 Å². The summed E-state index contributed by atoms with van der Waals surface area (Å²) in [5.74, 6) is -0.129. The molecule has 5 nitrogen and oxygen atoms in total. The van der Waals surface area contributed by atoms with Gasteiger partial charge in [0.05, 0.1) is 5.69 Å². The van der Waals surface area contributed by atoms with Gasteiger partial charge in [0.2, 0.25) is 0 Å². The number of benzene rings is 1. The van der Waals surface area contributed by atoms with Gasteiger partial charge in [-0.25, -0.2) is 4.98 Å². The van der Waals surface area contributed by atoms with E-state index in [2.05, 4.69) is 29.3 Å². The molecule has 122 valence electrons. The van der Waals surface area contributed by atoms with Gasteiger partial charge < -0.3 is 10.6 Å². The second-order valence-corrected chi connectivity index (χ2v) is 7.19. The van der Waals surface area contributed by atoms with Crippen LogP contribution >= 0.6 is 11.3 Å². The first-order chi connectivity index (χ1) is 11.1. The number of hydrogen-bond donors (Lipinski definition) is 2. The molecule has 0 bridgehead atoms. The van der Waals surface area contributed by atoms with Crippen molar-refractivity contribution in [2.24, 2.45) is 5.73 Å². The van der Waals surface area contributed by atoms with Crippen LogP contribution in [0.5, 0.6) is 0 Å². The predicted octanol–water partition coefficient (Wildman–Crippen LogP) is 2.27. The zero-order chi connectivity index (χ0) is 16.4. The van der Waals surface area contributed by atoms with Gasteiger partial charge in [0.1, 0.15) is 0 Å². The van der Waals surface area contributed by atoms with E-state index in [4.69, 9.17) is 5.73 Å². The van der Waals surface area contributed by atoms with Crippen LogP contribution in [0.2, 0.25) is 0 Å². The second-order valence-electron chi connectivity index (χ2n) is 6.11. The Morgan fingerprint density at radius 1 is 1.48 bits per heavy atom. The highest BCUT2D eigenvalue weighted by Gasteiger charge is 2.24. The van der Waals surface area contributed by atoms with Gasteiger partial charge >= 0.3 is 0 Å². The highest BCUT2D eigenvalue weighted by atomic mass is 32.1. The predicted molar refractivity (Wildman–Crippen MR) is 93.9 cm³/mol. The van der Waals surface area contributed by atoms with Gasteiger partial charge in [0.25, 0.3) is 5.91 Å². The number of hydrogen-bond acceptors (Lipinski definition) is 5. The van der Waals surface area contributed by atoms with Crippen LogP contribution in [-0.4, -0.2) is 35.9 Å². The number of aromatic nitrogens is 1. The van der Waals surface area contributed by atoms with Crippen molar-refractivity contribution in [3.8, 4) is 0 Å². The Morgan fingerprint density at radius 3 is 3.04 bits per heavy atom. The summed E-state index contributed by atoms with van der Waals surface area (Å²) in [6.45, 7) is 0.429. The minimum absolute atomic E-state index is 0.129. The molecule has 23 heavy (non-hydrogen) atoms. The molecule has 0 radical (unpaired) electrons.